The highest BCUT2D eigenvalue weighted by Gasteiger charge is 2.06. The average Bonchev–Trinajstić information content (AvgIpc) is 2.51. The first-order valence-electron chi connectivity index (χ1n) is 7.85. The minimum absolute atomic E-state index is 0.0541. The number of anilines is 1. The van der Waals surface area contributed by atoms with E-state index in [0.29, 0.717) is 11.7 Å². The molecule has 0 heterocycles. The number of hydrogen-bond donors (Lipinski definition) is 3. The van der Waals surface area contributed by atoms with E-state index in [0.717, 1.165) is 30.8 Å². The number of hydrogen-bond acceptors (Lipinski definition) is 3. The maximum atomic E-state index is 9.46. The van der Waals surface area contributed by atoms with E-state index in [1.165, 1.54) is 5.56 Å². The summed E-state index contributed by atoms with van der Waals surface area (Å²) in [5.74, 6) is 4.77. The van der Waals surface area contributed by atoms with Gasteiger partial charge in [-0.15, -0.1) is 10.7 Å². The van der Waals surface area contributed by atoms with Gasteiger partial charge in [-0.05, 0) is 60.5 Å². The van der Waals surface area contributed by atoms with Crippen molar-refractivity contribution in [2.75, 3.05) is 24.1 Å². The van der Waals surface area contributed by atoms with Crippen molar-refractivity contribution in [1.29, 1.82) is 0 Å². The lowest BCUT2D eigenvalue weighted by molar-refractivity contribution is 0.474. The summed E-state index contributed by atoms with van der Waals surface area (Å²) in [6, 6.07) is 16.0. The Bertz CT molecular complexity index is 657. The Kier molecular flexibility index (Phi) is 6.68. The lowest BCUT2D eigenvalue weighted by Gasteiger charge is -2.15. The molecule has 2 aromatic rings. The van der Waals surface area contributed by atoms with Crippen molar-refractivity contribution < 1.29 is 5.11 Å². The molecule has 3 N–H and O–H groups in total. The van der Waals surface area contributed by atoms with Gasteiger partial charge in [-0.25, -0.2) is 0 Å². The van der Waals surface area contributed by atoms with E-state index >= 15 is 0 Å². The zero-order valence-corrected chi connectivity index (χ0v) is 14.7. The van der Waals surface area contributed by atoms with E-state index in [4.69, 9.17) is 0 Å². The van der Waals surface area contributed by atoms with Gasteiger partial charge in [-0.1, -0.05) is 37.1 Å². The number of aromatic hydroxyl groups is 1. The van der Waals surface area contributed by atoms with Crippen molar-refractivity contribution in [2.24, 2.45) is 0 Å². The van der Waals surface area contributed by atoms with Crippen LogP contribution in [0.5, 0.6) is 5.75 Å². The molecule has 2 rings (SSSR count). The molecule has 0 aliphatic carbocycles. The summed E-state index contributed by atoms with van der Waals surface area (Å²) in [6.07, 6.45) is 2.99. The molecule has 0 bridgehead atoms. The predicted octanol–water partition coefficient (Wildman–Crippen LogP) is 3.99. The number of phenols is 1. The Hall–Kier alpha value is -1.78. The Morgan fingerprint density at radius 2 is 1.96 bits per heavy atom. The number of phenolic OH excluding ortho intramolecular Hbond substituents is 1. The van der Waals surface area contributed by atoms with Gasteiger partial charge in [-0.3, -0.25) is 0 Å². The van der Waals surface area contributed by atoms with E-state index in [1.807, 2.05) is 18.2 Å². The van der Waals surface area contributed by atoms with Crippen molar-refractivity contribution in [3.8, 4) is 5.75 Å². The number of rotatable bonds is 8. The minimum Gasteiger partial charge on any atom is -0.508 e. The first-order valence-corrected chi connectivity index (χ1v) is 9.65. The van der Waals surface area contributed by atoms with Gasteiger partial charge in [-0.2, -0.15) is 0 Å². The molecule has 124 valence electrons. The SMILES string of the molecule is C=S(C)Nc1cccc(C(C)CNCCc2cccc(O)c2)c1. The second-order valence-corrected chi connectivity index (χ2v) is 7.37. The smallest absolute Gasteiger partial charge is 0.115 e. The van der Waals surface area contributed by atoms with Gasteiger partial charge in [0.2, 0.25) is 0 Å². The molecule has 0 radical (unpaired) electrons. The number of nitrogens with one attached hydrogen (secondary N) is 2. The van der Waals surface area contributed by atoms with Gasteiger partial charge in [0.15, 0.2) is 0 Å². The van der Waals surface area contributed by atoms with Gasteiger partial charge < -0.3 is 15.1 Å². The molecule has 0 aliphatic rings. The third-order valence-corrected chi connectivity index (χ3v) is 4.28. The molecule has 0 saturated heterocycles. The van der Waals surface area contributed by atoms with Gasteiger partial charge in [0.1, 0.15) is 5.75 Å². The maximum Gasteiger partial charge on any atom is 0.115 e. The first kappa shape index (κ1) is 17.6. The molecule has 0 spiro atoms. The molecule has 23 heavy (non-hydrogen) atoms. The molecule has 0 fully saturated rings. The minimum atomic E-state index is -0.0541. The van der Waals surface area contributed by atoms with Crippen LogP contribution in [-0.4, -0.2) is 30.3 Å². The summed E-state index contributed by atoms with van der Waals surface area (Å²) in [5, 5.41) is 13.0. The molecule has 2 aromatic carbocycles. The highest BCUT2D eigenvalue weighted by molar-refractivity contribution is 8.14. The normalized spacial score (nSPS) is 13.5. The van der Waals surface area contributed by atoms with Crippen LogP contribution in [0.25, 0.3) is 0 Å². The van der Waals surface area contributed by atoms with E-state index in [9.17, 15) is 5.11 Å². The first-order chi connectivity index (χ1) is 11.0. The molecule has 2 atom stereocenters. The molecular formula is C19H26N2OS. The van der Waals surface area contributed by atoms with Crippen molar-refractivity contribution in [2.45, 2.75) is 19.3 Å². The Morgan fingerprint density at radius 3 is 2.70 bits per heavy atom. The zero-order chi connectivity index (χ0) is 16.7. The second-order valence-electron chi connectivity index (χ2n) is 5.89. The van der Waals surface area contributed by atoms with Crippen LogP contribution in [-0.2, 0) is 6.42 Å². The monoisotopic (exact) mass is 330 g/mol. The standard InChI is InChI=1S/C19H26N2OS/c1-15(17-7-5-8-18(13-17)21-23(2)3)14-20-11-10-16-6-4-9-19(22)12-16/h4-9,12-13,15,20-22H,2,10-11,14H2,1,3H3. The molecule has 0 aromatic heterocycles. The van der Waals surface area contributed by atoms with Gasteiger partial charge in [0.25, 0.3) is 0 Å². The molecular weight excluding hydrogens is 304 g/mol. The van der Waals surface area contributed by atoms with Crippen LogP contribution in [0.2, 0.25) is 0 Å². The van der Waals surface area contributed by atoms with Crippen LogP contribution in [0.4, 0.5) is 5.69 Å². The Labute approximate surface area is 141 Å². The van der Waals surface area contributed by atoms with E-state index < -0.39 is 0 Å². The summed E-state index contributed by atoms with van der Waals surface area (Å²) in [5.41, 5.74) is 3.61. The van der Waals surface area contributed by atoms with Crippen molar-refractivity contribution in [3.63, 3.8) is 0 Å². The highest BCUT2D eigenvalue weighted by Crippen LogP contribution is 2.21. The predicted molar refractivity (Wildman–Crippen MR) is 104 cm³/mol. The lowest BCUT2D eigenvalue weighted by atomic mass is 10.0. The zero-order valence-electron chi connectivity index (χ0n) is 13.9. The van der Waals surface area contributed by atoms with Crippen LogP contribution in [0, 0.1) is 0 Å². The molecule has 0 aliphatic heterocycles. The summed E-state index contributed by atoms with van der Waals surface area (Å²) < 4.78 is 3.37. The third kappa shape index (κ3) is 6.08. The van der Waals surface area contributed by atoms with Crippen LogP contribution < -0.4 is 10.0 Å². The quantitative estimate of drug-likeness (QED) is 0.506. The summed E-state index contributed by atoms with van der Waals surface area (Å²) in [6.45, 7) is 4.07. The van der Waals surface area contributed by atoms with Crippen molar-refractivity contribution >= 4 is 22.2 Å². The van der Waals surface area contributed by atoms with E-state index in [2.05, 4.69) is 53.4 Å². The fourth-order valence-corrected chi connectivity index (χ4v) is 3.02. The second kappa shape index (κ2) is 8.75. The number of benzene rings is 2. The molecule has 3 nitrogen and oxygen atoms in total. The van der Waals surface area contributed by atoms with Gasteiger partial charge in [0.05, 0.1) is 0 Å². The molecule has 4 heteroatoms. The maximum absolute atomic E-state index is 9.46. The van der Waals surface area contributed by atoms with Crippen LogP contribution in [0.1, 0.15) is 24.0 Å². The molecule has 0 saturated carbocycles. The molecule has 2 unspecified atom stereocenters. The van der Waals surface area contributed by atoms with E-state index in [-0.39, 0.29) is 10.7 Å². The fraction of sp³-hybridized carbons (Fsp3) is 0.316. The molecule has 0 amide bonds. The topological polar surface area (TPSA) is 44.3 Å². The third-order valence-electron chi connectivity index (χ3n) is 3.70. The summed E-state index contributed by atoms with van der Waals surface area (Å²) >= 11 is 0. The Morgan fingerprint density at radius 1 is 1.17 bits per heavy atom. The van der Waals surface area contributed by atoms with Crippen LogP contribution in [0.3, 0.4) is 0 Å². The lowest BCUT2D eigenvalue weighted by Crippen LogP contribution is -2.22. The van der Waals surface area contributed by atoms with E-state index in [1.54, 1.807) is 6.07 Å². The van der Waals surface area contributed by atoms with Crippen molar-refractivity contribution in [1.82, 2.24) is 5.32 Å². The summed E-state index contributed by atoms with van der Waals surface area (Å²) in [4.78, 5) is 0. The largest absolute Gasteiger partial charge is 0.508 e. The Balaban J connectivity index is 1.80. The van der Waals surface area contributed by atoms with Crippen LogP contribution in [0.15, 0.2) is 48.5 Å². The summed E-state index contributed by atoms with van der Waals surface area (Å²) in [7, 11) is -0.0541. The average molecular weight is 330 g/mol. The fourth-order valence-electron chi connectivity index (χ4n) is 2.49. The van der Waals surface area contributed by atoms with Gasteiger partial charge in [0, 0.05) is 12.2 Å². The van der Waals surface area contributed by atoms with Crippen LogP contribution >= 0.6 is 10.7 Å². The van der Waals surface area contributed by atoms with Crippen molar-refractivity contribution in [3.05, 3.63) is 59.7 Å². The van der Waals surface area contributed by atoms with Gasteiger partial charge >= 0.3 is 0 Å². The highest BCUT2D eigenvalue weighted by atomic mass is 32.2.